The molecule has 2 aromatic heterocycles. The fourth-order valence-corrected chi connectivity index (χ4v) is 2.89. The number of halogens is 2. The zero-order chi connectivity index (χ0) is 15.4. The Kier molecular flexibility index (Phi) is 5.62. The van der Waals surface area contributed by atoms with E-state index in [1.54, 1.807) is 6.20 Å². The first kappa shape index (κ1) is 16.3. The van der Waals surface area contributed by atoms with Crippen LogP contribution in [0.5, 0.6) is 0 Å². The summed E-state index contributed by atoms with van der Waals surface area (Å²) in [4.78, 5) is 4.42. The second kappa shape index (κ2) is 7.25. The summed E-state index contributed by atoms with van der Waals surface area (Å²) in [6.45, 7) is 7.66. The first-order valence-electron chi connectivity index (χ1n) is 7.14. The Morgan fingerprint density at radius 3 is 2.71 bits per heavy atom. The van der Waals surface area contributed by atoms with Crippen LogP contribution < -0.4 is 5.32 Å². The maximum Gasteiger partial charge on any atom is 0.0847 e. The van der Waals surface area contributed by atoms with E-state index in [2.05, 4.69) is 29.2 Å². The quantitative estimate of drug-likeness (QED) is 0.877. The largest absolute Gasteiger partial charge is 0.309 e. The van der Waals surface area contributed by atoms with Crippen LogP contribution >= 0.6 is 23.2 Å². The van der Waals surface area contributed by atoms with Crippen molar-refractivity contribution in [3.8, 4) is 0 Å². The number of aromatic nitrogens is 3. The molecule has 0 aliphatic heterocycles. The van der Waals surface area contributed by atoms with E-state index in [1.165, 1.54) is 0 Å². The number of hydrogen-bond donors (Lipinski definition) is 1. The van der Waals surface area contributed by atoms with Gasteiger partial charge in [0.2, 0.25) is 0 Å². The molecular formula is C15H20Cl2N4. The third kappa shape index (κ3) is 3.57. The first-order valence-corrected chi connectivity index (χ1v) is 7.89. The van der Waals surface area contributed by atoms with Gasteiger partial charge >= 0.3 is 0 Å². The third-order valence-corrected chi connectivity index (χ3v) is 4.23. The van der Waals surface area contributed by atoms with Crippen LogP contribution in [0.1, 0.15) is 37.0 Å². The van der Waals surface area contributed by atoms with Crippen LogP contribution in [0.15, 0.2) is 18.3 Å². The molecule has 0 aliphatic carbocycles. The predicted octanol–water partition coefficient (Wildman–Crippen LogP) is 3.81. The molecule has 0 fully saturated rings. The Bertz CT molecular complexity index is 610. The van der Waals surface area contributed by atoms with Gasteiger partial charge in [0.25, 0.3) is 0 Å². The van der Waals surface area contributed by atoms with Crippen LogP contribution in [-0.4, -0.2) is 21.3 Å². The molecular weight excluding hydrogens is 307 g/mol. The van der Waals surface area contributed by atoms with Crippen molar-refractivity contribution in [2.75, 3.05) is 6.54 Å². The fourth-order valence-electron chi connectivity index (χ4n) is 2.42. The third-order valence-electron chi connectivity index (χ3n) is 3.42. The van der Waals surface area contributed by atoms with Gasteiger partial charge in [0.05, 0.1) is 33.2 Å². The lowest BCUT2D eigenvalue weighted by Crippen LogP contribution is -2.25. The van der Waals surface area contributed by atoms with E-state index < -0.39 is 0 Å². The fraction of sp³-hybridized carbons (Fsp3) is 0.467. The zero-order valence-corrected chi connectivity index (χ0v) is 14.0. The number of nitrogens with one attached hydrogen (secondary N) is 1. The number of nitrogens with zero attached hydrogens (tertiary/aromatic N) is 3. The lowest BCUT2D eigenvalue weighted by atomic mass is 10.1. The van der Waals surface area contributed by atoms with Crippen molar-refractivity contribution in [3.63, 3.8) is 0 Å². The van der Waals surface area contributed by atoms with Crippen LogP contribution in [-0.2, 0) is 13.0 Å². The van der Waals surface area contributed by atoms with E-state index >= 15 is 0 Å². The van der Waals surface area contributed by atoms with Gasteiger partial charge in [-0.15, -0.1) is 0 Å². The van der Waals surface area contributed by atoms with Crippen molar-refractivity contribution in [2.24, 2.45) is 0 Å². The lowest BCUT2D eigenvalue weighted by molar-refractivity contribution is 0.507. The van der Waals surface area contributed by atoms with E-state index in [0.29, 0.717) is 11.4 Å². The van der Waals surface area contributed by atoms with E-state index in [4.69, 9.17) is 23.2 Å². The molecule has 1 unspecified atom stereocenters. The Labute approximate surface area is 135 Å². The summed E-state index contributed by atoms with van der Waals surface area (Å²) in [5.41, 5.74) is 2.72. The van der Waals surface area contributed by atoms with Gasteiger partial charge in [-0.25, -0.2) is 0 Å². The van der Waals surface area contributed by atoms with E-state index in [-0.39, 0.29) is 6.04 Å². The average Bonchev–Trinajstić information content (AvgIpc) is 2.75. The topological polar surface area (TPSA) is 42.7 Å². The smallest absolute Gasteiger partial charge is 0.0847 e. The van der Waals surface area contributed by atoms with Crippen LogP contribution in [0.3, 0.4) is 0 Å². The molecule has 6 heteroatoms. The van der Waals surface area contributed by atoms with Crippen LogP contribution in [0.25, 0.3) is 0 Å². The minimum Gasteiger partial charge on any atom is -0.309 e. The highest BCUT2D eigenvalue weighted by atomic mass is 35.5. The van der Waals surface area contributed by atoms with Crippen LogP contribution in [0.4, 0.5) is 0 Å². The normalized spacial score (nSPS) is 12.6. The van der Waals surface area contributed by atoms with Gasteiger partial charge in [0.1, 0.15) is 0 Å². The van der Waals surface area contributed by atoms with Gasteiger partial charge in [0.15, 0.2) is 0 Å². The number of aryl methyl sites for hydroxylation is 2. The Balaban J connectivity index is 2.35. The minimum absolute atomic E-state index is 0.0163. The number of pyridine rings is 1. The molecule has 114 valence electrons. The SMILES string of the molecule is CCNC(Cc1c(Cl)c(C)nn1CC)c1ncccc1Cl. The van der Waals surface area contributed by atoms with Crippen molar-refractivity contribution in [1.29, 1.82) is 0 Å². The summed E-state index contributed by atoms with van der Waals surface area (Å²) in [6, 6.07) is 3.71. The number of rotatable bonds is 6. The van der Waals surface area contributed by atoms with E-state index in [1.807, 2.05) is 23.7 Å². The summed E-state index contributed by atoms with van der Waals surface area (Å²) in [6.07, 6.45) is 2.47. The average molecular weight is 327 g/mol. The van der Waals surface area contributed by atoms with Crippen molar-refractivity contribution < 1.29 is 0 Å². The second-order valence-corrected chi connectivity index (χ2v) is 5.63. The number of hydrogen-bond acceptors (Lipinski definition) is 3. The molecule has 0 amide bonds. The molecule has 1 N–H and O–H groups in total. The maximum absolute atomic E-state index is 6.40. The van der Waals surface area contributed by atoms with Gasteiger partial charge in [-0.1, -0.05) is 30.1 Å². The first-order chi connectivity index (χ1) is 10.1. The van der Waals surface area contributed by atoms with Gasteiger partial charge in [-0.05, 0) is 32.5 Å². The molecule has 1 atom stereocenters. The summed E-state index contributed by atoms with van der Waals surface area (Å²) < 4.78 is 1.94. The number of likely N-dealkylation sites (N-methyl/N-ethyl adjacent to an activating group) is 1. The summed E-state index contributed by atoms with van der Waals surface area (Å²) in [5.74, 6) is 0. The molecule has 2 aromatic rings. The predicted molar refractivity (Wildman–Crippen MR) is 87.0 cm³/mol. The zero-order valence-electron chi connectivity index (χ0n) is 12.5. The molecule has 2 heterocycles. The maximum atomic E-state index is 6.40. The molecule has 0 spiro atoms. The molecule has 0 saturated heterocycles. The van der Waals surface area contributed by atoms with Gasteiger partial charge < -0.3 is 5.32 Å². The molecule has 0 bridgehead atoms. The molecule has 0 aliphatic rings. The lowest BCUT2D eigenvalue weighted by Gasteiger charge is -2.19. The van der Waals surface area contributed by atoms with Gasteiger partial charge in [-0.3, -0.25) is 9.67 Å². The summed E-state index contributed by atoms with van der Waals surface area (Å²) >= 11 is 12.7. The monoisotopic (exact) mass is 326 g/mol. The highest BCUT2D eigenvalue weighted by Gasteiger charge is 2.21. The van der Waals surface area contributed by atoms with Crippen molar-refractivity contribution in [1.82, 2.24) is 20.1 Å². The Morgan fingerprint density at radius 1 is 1.33 bits per heavy atom. The summed E-state index contributed by atoms with van der Waals surface area (Å²) in [5, 5.41) is 9.28. The van der Waals surface area contributed by atoms with Crippen molar-refractivity contribution in [2.45, 2.75) is 39.8 Å². The summed E-state index contributed by atoms with van der Waals surface area (Å²) in [7, 11) is 0. The van der Waals surface area contributed by atoms with Gasteiger partial charge in [-0.2, -0.15) is 5.10 Å². The molecule has 0 saturated carbocycles. The Hall–Kier alpha value is -1.10. The molecule has 0 radical (unpaired) electrons. The van der Waals surface area contributed by atoms with Crippen molar-refractivity contribution >= 4 is 23.2 Å². The second-order valence-electron chi connectivity index (χ2n) is 4.85. The van der Waals surface area contributed by atoms with E-state index in [0.717, 1.165) is 35.2 Å². The Morgan fingerprint density at radius 2 is 2.10 bits per heavy atom. The van der Waals surface area contributed by atoms with E-state index in [9.17, 15) is 0 Å². The molecule has 21 heavy (non-hydrogen) atoms. The highest BCUT2D eigenvalue weighted by molar-refractivity contribution is 6.32. The standard InChI is InChI=1S/C15H20Cl2N4/c1-4-18-12(15-11(16)7-6-8-19-15)9-13-14(17)10(3)20-21(13)5-2/h6-8,12,18H,4-5,9H2,1-3H3. The molecule has 4 nitrogen and oxygen atoms in total. The van der Waals surface area contributed by atoms with Crippen molar-refractivity contribution in [3.05, 3.63) is 45.5 Å². The molecule has 0 aromatic carbocycles. The molecule has 2 rings (SSSR count). The highest BCUT2D eigenvalue weighted by Crippen LogP contribution is 2.28. The van der Waals surface area contributed by atoms with Crippen LogP contribution in [0.2, 0.25) is 10.0 Å². The van der Waals surface area contributed by atoms with Gasteiger partial charge in [0, 0.05) is 19.2 Å². The van der Waals surface area contributed by atoms with Crippen LogP contribution in [0, 0.1) is 6.92 Å². The minimum atomic E-state index is 0.0163.